The van der Waals surface area contributed by atoms with Crippen molar-refractivity contribution in [1.82, 2.24) is 5.48 Å². The standard InChI is InChI=1S/C13H10Cl2.C8H7NO/c14-13(15,11-7-3-1-4-8-11)12-9-5-2-6-10-12;1-2-4-8-7(3-1)5-6-9-10-8/h1-10H;1-6,9H. The van der Waals surface area contributed by atoms with Gasteiger partial charge in [-0.2, -0.15) is 0 Å². The molecule has 3 aromatic rings. The van der Waals surface area contributed by atoms with E-state index in [9.17, 15) is 0 Å². The monoisotopic (exact) mass is 369 g/mol. The largest absolute Gasteiger partial charge is 0.382 e. The molecule has 0 bridgehead atoms. The number of nitrogens with one attached hydrogen (secondary N) is 1. The van der Waals surface area contributed by atoms with Crippen LogP contribution in [0.3, 0.4) is 0 Å². The van der Waals surface area contributed by atoms with Gasteiger partial charge in [-0.05, 0) is 23.3 Å². The van der Waals surface area contributed by atoms with Crippen molar-refractivity contribution in [2.75, 3.05) is 0 Å². The summed E-state index contributed by atoms with van der Waals surface area (Å²) in [6.07, 6.45) is 3.74. The van der Waals surface area contributed by atoms with E-state index in [4.69, 9.17) is 28.0 Å². The van der Waals surface area contributed by atoms with E-state index in [0.717, 1.165) is 22.4 Å². The zero-order valence-electron chi connectivity index (χ0n) is 13.4. The van der Waals surface area contributed by atoms with E-state index >= 15 is 0 Å². The Bertz CT molecular complexity index is 791. The Morgan fingerprint density at radius 3 is 1.76 bits per heavy atom. The minimum atomic E-state index is -0.970. The molecule has 0 aromatic heterocycles. The third-order valence-corrected chi connectivity index (χ3v) is 4.56. The highest BCUT2D eigenvalue weighted by Gasteiger charge is 2.28. The first kappa shape index (κ1) is 17.4. The van der Waals surface area contributed by atoms with E-state index < -0.39 is 4.33 Å². The molecule has 0 atom stereocenters. The second kappa shape index (κ2) is 8.11. The minimum absolute atomic E-state index is 0.880. The van der Waals surface area contributed by atoms with E-state index in [0.29, 0.717) is 0 Å². The molecule has 3 aromatic carbocycles. The van der Waals surface area contributed by atoms with Gasteiger partial charge in [-0.3, -0.25) is 0 Å². The van der Waals surface area contributed by atoms with Crippen molar-refractivity contribution < 1.29 is 4.84 Å². The Kier molecular flexibility index (Phi) is 5.64. The van der Waals surface area contributed by atoms with Crippen molar-refractivity contribution in [3.8, 4) is 5.75 Å². The molecule has 4 rings (SSSR count). The van der Waals surface area contributed by atoms with Crippen molar-refractivity contribution >= 4 is 29.3 Å². The van der Waals surface area contributed by atoms with Crippen LogP contribution in [0.1, 0.15) is 16.7 Å². The topological polar surface area (TPSA) is 21.3 Å². The lowest BCUT2D eigenvalue weighted by Gasteiger charge is -2.20. The number of hydrogen-bond acceptors (Lipinski definition) is 2. The summed E-state index contributed by atoms with van der Waals surface area (Å²) in [4.78, 5) is 5.09. The second-order valence-electron chi connectivity index (χ2n) is 5.40. The van der Waals surface area contributed by atoms with Gasteiger partial charge < -0.3 is 4.84 Å². The molecule has 0 radical (unpaired) electrons. The highest BCUT2D eigenvalue weighted by Crippen LogP contribution is 2.40. The van der Waals surface area contributed by atoms with E-state index in [-0.39, 0.29) is 0 Å². The number of fused-ring (bicyclic) bond motifs is 1. The van der Waals surface area contributed by atoms with Crippen molar-refractivity contribution in [1.29, 1.82) is 0 Å². The first-order chi connectivity index (χ1) is 12.2. The van der Waals surface area contributed by atoms with E-state index in [1.54, 1.807) is 6.20 Å². The summed E-state index contributed by atoms with van der Waals surface area (Å²) in [6.45, 7) is 0. The normalized spacial score (nSPS) is 12.1. The molecule has 0 aliphatic carbocycles. The Balaban J connectivity index is 0.000000157. The van der Waals surface area contributed by atoms with Gasteiger partial charge in [0.15, 0.2) is 10.1 Å². The third-order valence-electron chi connectivity index (χ3n) is 3.69. The lowest BCUT2D eigenvalue weighted by atomic mass is 10.0. The molecule has 0 saturated carbocycles. The van der Waals surface area contributed by atoms with Gasteiger partial charge in [-0.15, -0.1) is 0 Å². The van der Waals surface area contributed by atoms with Crippen LogP contribution in [0.15, 0.2) is 91.1 Å². The van der Waals surface area contributed by atoms with Gasteiger partial charge in [0.1, 0.15) is 0 Å². The maximum Gasteiger partial charge on any atom is 0.168 e. The molecule has 1 N–H and O–H groups in total. The Morgan fingerprint density at radius 2 is 1.20 bits per heavy atom. The maximum atomic E-state index is 6.35. The highest BCUT2D eigenvalue weighted by molar-refractivity contribution is 6.50. The first-order valence-electron chi connectivity index (χ1n) is 7.85. The van der Waals surface area contributed by atoms with Gasteiger partial charge in [0, 0.05) is 11.8 Å². The third kappa shape index (κ3) is 4.36. The van der Waals surface area contributed by atoms with Crippen LogP contribution in [-0.2, 0) is 4.33 Å². The Morgan fingerprint density at radius 1 is 0.680 bits per heavy atom. The van der Waals surface area contributed by atoms with E-state index in [1.807, 2.05) is 91.0 Å². The quantitative estimate of drug-likeness (QED) is 0.566. The number of para-hydroxylation sites is 1. The fourth-order valence-corrected chi connectivity index (χ4v) is 2.90. The Labute approximate surface area is 157 Å². The molecule has 0 fully saturated rings. The zero-order valence-corrected chi connectivity index (χ0v) is 14.9. The van der Waals surface area contributed by atoms with Crippen LogP contribution < -0.4 is 10.3 Å². The van der Waals surface area contributed by atoms with Gasteiger partial charge in [0.2, 0.25) is 0 Å². The van der Waals surface area contributed by atoms with Crippen molar-refractivity contribution in [2.24, 2.45) is 0 Å². The smallest absolute Gasteiger partial charge is 0.168 e. The number of benzene rings is 3. The number of halogens is 2. The molecule has 1 aliphatic heterocycles. The molecule has 0 amide bonds. The fourth-order valence-electron chi connectivity index (χ4n) is 2.39. The zero-order chi connectivity index (χ0) is 17.5. The van der Waals surface area contributed by atoms with Crippen molar-refractivity contribution in [2.45, 2.75) is 4.33 Å². The number of rotatable bonds is 2. The van der Waals surface area contributed by atoms with E-state index in [1.165, 1.54) is 0 Å². The molecular formula is C21H17Cl2NO. The number of hydrogen-bond donors (Lipinski definition) is 1. The average Bonchev–Trinajstić information content (AvgIpc) is 2.70. The van der Waals surface area contributed by atoms with Crippen LogP contribution in [-0.4, -0.2) is 0 Å². The van der Waals surface area contributed by atoms with Crippen LogP contribution in [0.2, 0.25) is 0 Å². The highest BCUT2D eigenvalue weighted by atomic mass is 35.5. The summed E-state index contributed by atoms with van der Waals surface area (Å²) in [6, 6.07) is 27.2. The summed E-state index contributed by atoms with van der Waals surface area (Å²) in [5.41, 5.74) is 5.55. The van der Waals surface area contributed by atoms with Crippen molar-refractivity contribution in [3.05, 3.63) is 108 Å². The number of alkyl halides is 2. The molecular weight excluding hydrogens is 353 g/mol. The summed E-state index contributed by atoms with van der Waals surface area (Å²) in [7, 11) is 0. The summed E-state index contributed by atoms with van der Waals surface area (Å²) in [5, 5.41) is 0. The van der Waals surface area contributed by atoms with Crippen LogP contribution in [0.5, 0.6) is 5.75 Å². The van der Waals surface area contributed by atoms with Crippen LogP contribution in [0.25, 0.3) is 6.08 Å². The molecule has 0 unspecified atom stereocenters. The van der Waals surface area contributed by atoms with Gasteiger partial charge >= 0.3 is 0 Å². The molecule has 0 saturated heterocycles. The van der Waals surface area contributed by atoms with Gasteiger partial charge in [-0.25, -0.2) is 5.48 Å². The van der Waals surface area contributed by atoms with Crippen LogP contribution in [0.4, 0.5) is 0 Å². The molecule has 2 nitrogen and oxygen atoms in total. The summed E-state index contributed by atoms with van der Waals surface area (Å²) >= 11 is 12.7. The fraction of sp³-hybridized carbons (Fsp3) is 0.0476. The second-order valence-corrected chi connectivity index (χ2v) is 6.72. The summed E-state index contributed by atoms with van der Waals surface area (Å²) < 4.78 is -0.970. The van der Waals surface area contributed by atoms with Gasteiger partial charge in [-0.1, -0.05) is 102 Å². The van der Waals surface area contributed by atoms with Crippen LogP contribution in [0, 0.1) is 0 Å². The summed E-state index contributed by atoms with van der Waals surface area (Å²) in [5.74, 6) is 0.880. The molecule has 0 spiro atoms. The Hall–Kier alpha value is -2.42. The molecule has 25 heavy (non-hydrogen) atoms. The molecule has 4 heteroatoms. The predicted octanol–water partition coefficient (Wildman–Crippen LogP) is 5.92. The van der Waals surface area contributed by atoms with Crippen molar-refractivity contribution in [3.63, 3.8) is 0 Å². The van der Waals surface area contributed by atoms with Gasteiger partial charge in [0.25, 0.3) is 0 Å². The molecule has 126 valence electrons. The lowest BCUT2D eigenvalue weighted by Crippen LogP contribution is -2.13. The maximum absolute atomic E-state index is 6.35. The van der Waals surface area contributed by atoms with E-state index in [2.05, 4.69) is 5.48 Å². The average molecular weight is 370 g/mol. The predicted molar refractivity (Wildman–Crippen MR) is 105 cm³/mol. The lowest BCUT2D eigenvalue weighted by molar-refractivity contribution is 0.239. The van der Waals surface area contributed by atoms with Crippen LogP contribution >= 0.6 is 23.2 Å². The SMILES string of the molecule is C1=Cc2ccccc2ON1.ClC(Cl)(c1ccccc1)c1ccccc1. The first-order valence-corrected chi connectivity index (χ1v) is 8.60. The number of hydroxylamine groups is 1. The molecule has 1 heterocycles. The van der Waals surface area contributed by atoms with Gasteiger partial charge in [0.05, 0.1) is 0 Å². The minimum Gasteiger partial charge on any atom is -0.382 e. The molecule has 1 aliphatic rings.